The van der Waals surface area contributed by atoms with Crippen molar-refractivity contribution in [3.63, 3.8) is 0 Å². The van der Waals surface area contributed by atoms with Crippen LogP contribution in [0.4, 0.5) is 5.69 Å². The second-order valence-electron chi connectivity index (χ2n) is 8.24. The summed E-state index contributed by atoms with van der Waals surface area (Å²) in [5.41, 5.74) is 4.18. The zero-order valence-electron chi connectivity index (χ0n) is 18.8. The molecule has 1 amide bonds. The zero-order chi connectivity index (χ0) is 22.3. The Kier molecular flexibility index (Phi) is 7.07. The normalized spacial score (nSPS) is 15.2. The molecule has 3 aromatic rings. The molecule has 5 nitrogen and oxygen atoms in total. The van der Waals surface area contributed by atoms with Crippen molar-refractivity contribution in [1.82, 2.24) is 10.2 Å². The van der Waals surface area contributed by atoms with E-state index in [1.165, 1.54) is 5.56 Å². The number of anilines is 1. The molecule has 0 radical (unpaired) electrons. The molecular weight excluding hydrogens is 398 g/mol. The summed E-state index contributed by atoms with van der Waals surface area (Å²) < 4.78 is 5.51. The molecule has 4 rings (SSSR count). The predicted octanol–water partition coefficient (Wildman–Crippen LogP) is 4.51. The van der Waals surface area contributed by atoms with E-state index in [2.05, 4.69) is 39.4 Å². The van der Waals surface area contributed by atoms with E-state index in [4.69, 9.17) is 4.74 Å². The summed E-state index contributed by atoms with van der Waals surface area (Å²) in [4.78, 5) is 17.5. The molecule has 0 saturated carbocycles. The third-order valence-corrected chi connectivity index (χ3v) is 6.07. The number of benzene rings is 3. The summed E-state index contributed by atoms with van der Waals surface area (Å²) in [6.45, 7) is 6.83. The number of amides is 1. The summed E-state index contributed by atoms with van der Waals surface area (Å²) in [5.74, 6) is 0.884. The molecule has 32 heavy (non-hydrogen) atoms. The minimum absolute atomic E-state index is 0.0251. The highest BCUT2D eigenvalue weighted by molar-refractivity contribution is 5.94. The molecule has 1 atom stereocenters. The van der Waals surface area contributed by atoms with Gasteiger partial charge in [-0.1, -0.05) is 54.6 Å². The summed E-state index contributed by atoms with van der Waals surface area (Å²) in [6.07, 6.45) is 0. The van der Waals surface area contributed by atoms with Crippen molar-refractivity contribution in [1.29, 1.82) is 0 Å². The quantitative estimate of drug-likeness (QED) is 0.600. The Morgan fingerprint density at radius 1 is 0.906 bits per heavy atom. The monoisotopic (exact) mass is 429 g/mol. The fourth-order valence-electron chi connectivity index (χ4n) is 4.16. The lowest BCUT2D eigenvalue weighted by atomic mass is 10.1. The molecule has 0 unspecified atom stereocenters. The average molecular weight is 430 g/mol. The fourth-order valence-corrected chi connectivity index (χ4v) is 4.16. The van der Waals surface area contributed by atoms with Crippen LogP contribution in [0.1, 0.15) is 34.5 Å². The summed E-state index contributed by atoms with van der Waals surface area (Å²) in [5, 5.41) is 3.08. The van der Waals surface area contributed by atoms with E-state index in [1.54, 1.807) is 7.11 Å². The van der Waals surface area contributed by atoms with Crippen LogP contribution in [0.2, 0.25) is 0 Å². The van der Waals surface area contributed by atoms with Gasteiger partial charge in [-0.05, 0) is 42.3 Å². The maximum Gasteiger partial charge on any atom is 0.251 e. The number of methoxy groups -OCH3 is 1. The van der Waals surface area contributed by atoms with Gasteiger partial charge in [0.15, 0.2) is 0 Å². The summed E-state index contributed by atoms with van der Waals surface area (Å²) >= 11 is 0. The molecule has 1 heterocycles. The van der Waals surface area contributed by atoms with Gasteiger partial charge >= 0.3 is 0 Å². The molecule has 0 aliphatic carbocycles. The van der Waals surface area contributed by atoms with Crippen molar-refractivity contribution in [3.05, 3.63) is 95.6 Å². The molecule has 166 valence electrons. The van der Waals surface area contributed by atoms with E-state index in [-0.39, 0.29) is 11.9 Å². The van der Waals surface area contributed by atoms with Gasteiger partial charge in [0.25, 0.3) is 5.91 Å². The van der Waals surface area contributed by atoms with Gasteiger partial charge in [-0.3, -0.25) is 9.69 Å². The molecule has 1 fully saturated rings. The van der Waals surface area contributed by atoms with Crippen LogP contribution < -0.4 is 15.0 Å². The molecule has 1 aliphatic heterocycles. The zero-order valence-corrected chi connectivity index (χ0v) is 18.8. The molecule has 3 aromatic carbocycles. The lowest BCUT2D eigenvalue weighted by Gasteiger charge is -2.36. The molecule has 5 heteroatoms. The number of piperazine rings is 1. The second-order valence-corrected chi connectivity index (χ2v) is 8.24. The fraction of sp³-hybridized carbons (Fsp3) is 0.296. The van der Waals surface area contributed by atoms with E-state index in [0.29, 0.717) is 5.56 Å². The molecule has 1 saturated heterocycles. The number of carbonyl (C=O) groups excluding carboxylic acids is 1. The number of rotatable bonds is 7. The maximum absolute atomic E-state index is 12.6. The van der Waals surface area contributed by atoms with Gasteiger partial charge in [-0.15, -0.1) is 0 Å². The Labute approximate surface area is 190 Å². The lowest BCUT2D eigenvalue weighted by molar-refractivity contribution is 0.0940. The van der Waals surface area contributed by atoms with Gasteiger partial charge in [-0.2, -0.15) is 0 Å². The third kappa shape index (κ3) is 5.29. The SMILES string of the molecule is COc1ccccc1N1CCN(Cc2ccc(C(=O)N[C@@H](C)c3ccccc3)cc2)CC1. The molecule has 0 aromatic heterocycles. The number of hydrogen-bond acceptors (Lipinski definition) is 4. The van der Waals surface area contributed by atoms with Crippen molar-refractivity contribution in [2.45, 2.75) is 19.5 Å². The highest BCUT2D eigenvalue weighted by Crippen LogP contribution is 2.28. The van der Waals surface area contributed by atoms with E-state index in [1.807, 2.05) is 61.5 Å². The van der Waals surface area contributed by atoms with E-state index in [0.717, 1.165) is 49.7 Å². The molecule has 0 spiro atoms. The van der Waals surface area contributed by atoms with E-state index >= 15 is 0 Å². The van der Waals surface area contributed by atoms with Gasteiger partial charge in [0.2, 0.25) is 0 Å². The van der Waals surface area contributed by atoms with E-state index in [9.17, 15) is 4.79 Å². The molecule has 1 N–H and O–H groups in total. The minimum Gasteiger partial charge on any atom is -0.495 e. The Morgan fingerprint density at radius 3 is 2.25 bits per heavy atom. The van der Waals surface area contributed by atoms with Crippen LogP contribution in [0.15, 0.2) is 78.9 Å². The number of ether oxygens (including phenoxy) is 1. The Morgan fingerprint density at radius 2 is 1.56 bits per heavy atom. The van der Waals surface area contributed by atoms with E-state index < -0.39 is 0 Å². The number of nitrogens with zero attached hydrogens (tertiary/aromatic N) is 2. The molecular formula is C27H31N3O2. The average Bonchev–Trinajstić information content (AvgIpc) is 2.85. The van der Waals surface area contributed by atoms with Crippen LogP contribution in [0, 0.1) is 0 Å². The Bertz CT molecular complexity index is 1010. The number of para-hydroxylation sites is 2. The van der Waals surface area contributed by atoms with Gasteiger partial charge in [0.1, 0.15) is 5.75 Å². The molecule has 0 bridgehead atoms. The van der Waals surface area contributed by atoms with Crippen molar-refractivity contribution in [2.75, 3.05) is 38.2 Å². The smallest absolute Gasteiger partial charge is 0.251 e. The Balaban J connectivity index is 1.29. The first-order valence-corrected chi connectivity index (χ1v) is 11.2. The number of nitrogens with one attached hydrogen (secondary N) is 1. The highest BCUT2D eigenvalue weighted by atomic mass is 16.5. The first-order chi connectivity index (χ1) is 15.6. The summed E-state index contributed by atoms with van der Waals surface area (Å²) in [7, 11) is 1.72. The molecule has 1 aliphatic rings. The number of carbonyl (C=O) groups is 1. The van der Waals surface area contributed by atoms with Gasteiger partial charge < -0.3 is 15.0 Å². The van der Waals surface area contributed by atoms with Gasteiger partial charge in [-0.25, -0.2) is 0 Å². The standard InChI is InChI=1S/C27H31N3O2/c1-21(23-8-4-3-5-9-23)28-27(31)24-14-12-22(13-15-24)20-29-16-18-30(19-17-29)25-10-6-7-11-26(25)32-2/h3-15,21H,16-20H2,1-2H3,(H,28,31)/t21-/m0/s1. The Hall–Kier alpha value is -3.31. The van der Waals surface area contributed by atoms with Gasteiger partial charge in [0.05, 0.1) is 18.8 Å². The highest BCUT2D eigenvalue weighted by Gasteiger charge is 2.19. The van der Waals surface area contributed by atoms with Crippen molar-refractivity contribution < 1.29 is 9.53 Å². The van der Waals surface area contributed by atoms with Gasteiger partial charge in [0, 0.05) is 38.3 Å². The van der Waals surface area contributed by atoms with Crippen LogP contribution >= 0.6 is 0 Å². The van der Waals surface area contributed by atoms with Crippen LogP contribution in [0.3, 0.4) is 0 Å². The number of hydrogen-bond donors (Lipinski definition) is 1. The lowest BCUT2D eigenvalue weighted by Crippen LogP contribution is -2.46. The third-order valence-electron chi connectivity index (χ3n) is 6.07. The largest absolute Gasteiger partial charge is 0.495 e. The van der Waals surface area contributed by atoms with Crippen LogP contribution in [-0.2, 0) is 6.54 Å². The predicted molar refractivity (Wildman–Crippen MR) is 129 cm³/mol. The topological polar surface area (TPSA) is 44.8 Å². The first kappa shape index (κ1) is 21.9. The van der Waals surface area contributed by atoms with Crippen LogP contribution in [-0.4, -0.2) is 44.1 Å². The first-order valence-electron chi connectivity index (χ1n) is 11.2. The minimum atomic E-state index is -0.0432. The maximum atomic E-state index is 12.6. The van der Waals surface area contributed by atoms with Crippen LogP contribution in [0.25, 0.3) is 0 Å². The summed E-state index contributed by atoms with van der Waals surface area (Å²) in [6, 6.07) is 26.2. The van der Waals surface area contributed by atoms with Crippen molar-refractivity contribution in [2.24, 2.45) is 0 Å². The van der Waals surface area contributed by atoms with Crippen molar-refractivity contribution in [3.8, 4) is 5.75 Å². The second kappa shape index (κ2) is 10.3. The van der Waals surface area contributed by atoms with Crippen molar-refractivity contribution >= 4 is 11.6 Å². The van der Waals surface area contributed by atoms with Crippen LogP contribution in [0.5, 0.6) is 5.75 Å².